The van der Waals surface area contributed by atoms with Crippen LogP contribution in [0.2, 0.25) is 0 Å². The van der Waals surface area contributed by atoms with Gasteiger partial charge >= 0.3 is 15.2 Å². The quantitative estimate of drug-likeness (QED) is 0.119. The summed E-state index contributed by atoms with van der Waals surface area (Å²) in [4.78, 5) is 36.3. The van der Waals surface area contributed by atoms with Gasteiger partial charge in [0.2, 0.25) is 0 Å². The maximum absolute atomic E-state index is 14.2. The predicted octanol–water partition coefficient (Wildman–Crippen LogP) is 0.318. The highest BCUT2D eigenvalue weighted by Crippen LogP contribution is 2.72. The summed E-state index contributed by atoms with van der Waals surface area (Å²) in [6.45, 7) is 0.249. The van der Waals surface area contributed by atoms with Crippen molar-refractivity contribution in [2.24, 2.45) is 17.3 Å². The highest BCUT2D eigenvalue weighted by molar-refractivity contribution is 7.88. The molecule has 4 aromatic rings. The van der Waals surface area contributed by atoms with Crippen LogP contribution in [0.4, 0.5) is 5.82 Å². The van der Waals surface area contributed by atoms with Gasteiger partial charge in [0.1, 0.15) is 42.3 Å². The number of H-pyrrole nitrogens is 1. The molecule has 23 heteroatoms. The van der Waals surface area contributed by atoms with Crippen LogP contribution >= 0.6 is 27.8 Å². The zero-order valence-electron chi connectivity index (χ0n) is 25.8. The first-order valence-electron chi connectivity index (χ1n) is 15.3. The fourth-order valence-corrected chi connectivity index (χ4v) is 10.5. The van der Waals surface area contributed by atoms with Crippen LogP contribution in [0, 0.1) is 24.2 Å². The van der Waals surface area contributed by atoms with E-state index in [2.05, 4.69) is 42.5 Å². The van der Waals surface area contributed by atoms with Crippen molar-refractivity contribution in [3.63, 3.8) is 0 Å². The number of aliphatic hydroxyl groups is 3. The van der Waals surface area contributed by atoms with Crippen molar-refractivity contribution < 1.29 is 47.3 Å². The third-order valence-corrected chi connectivity index (χ3v) is 13.8. The first-order valence-corrected chi connectivity index (χ1v) is 19.4. The average Bonchev–Trinajstić information content (AvgIpc) is 3.39. The molecule has 3 unspecified atom stereocenters. The van der Waals surface area contributed by atoms with Crippen LogP contribution in [-0.4, -0.2) is 110 Å². The van der Waals surface area contributed by atoms with E-state index in [4.69, 9.17) is 28.6 Å². The number of fused-ring (bicyclic) bond motifs is 4. The summed E-state index contributed by atoms with van der Waals surface area (Å²) in [5.41, 5.74) is 4.86. The van der Waals surface area contributed by atoms with E-state index in [1.807, 2.05) is 0 Å². The molecule has 2 saturated carbocycles. The van der Waals surface area contributed by atoms with Gasteiger partial charge in [-0.1, -0.05) is 0 Å². The molecule has 2 aliphatic heterocycles. The number of ether oxygens (including phenoxy) is 1. The molecular weight excluding hydrogens is 708 g/mol. The number of nitrogens with two attached hydrogens (primary N) is 1. The molecule has 0 amide bonds. The van der Waals surface area contributed by atoms with E-state index in [1.54, 1.807) is 11.5 Å². The molecule has 4 fully saturated rings. The number of aromatic amines is 1. The Balaban J connectivity index is 1.18. The second-order valence-corrected chi connectivity index (χ2v) is 17.5. The summed E-state index contributed by atoms with van der Waals surface area (Å²) >= 11 is 4.27. The van der Waals surface area contributed by atoms with Gasteiger partial charge in [-0.3, -0.25) is 23.0 Å². The summed E-state index contributed by atoms with van der Waals surface area (Å²) in [6.07, 6.45) is -2.63. The monoisotopic (exact) mass is 741 g/mol. The maximum atomic E-state index is 14.2. The van der Waals surface area contributed by atoms with E-state index in [0.717, 1.165) is 0 Å². The molecule has 264 valence electrons. The zero-order chi connectivity index (χ0) is 34.5. The van der Waals surface area contributed by atoms with Crippen molar-refractivity contribution in [3.8, 4) is 0 Å². The van der Waals surface area contributed by atoms with E-state index in [1.165, 1.54) is 23.5 Å². The van der Waals surface area contributed by atoms with Gasteiger partial charge in [0.25, 0.3) is 5.56 Å². The molecule has 20 nitrogen and oxygen atoms in total. The molecule has 2 bridgehead atoms. The molecule has 0 aromatic carbocycles. The SMILES string of the molecule is Cc1nc2c(ncn2[C@@H]2O[C@@H]3COP(=O)(CS)O[C@H]4[C@@H](O)[C@H](n5cnc6c(N)ncnc65)[C@H]5CC54COP(=O)(CO)O[C@@H]2[C@@H]3CO)c(=O)[nH]1. The van der Waals surface area contributed by atoms with Gasteiger partial charge in [0.05, 0.1) is 50.1 Å². The van der Waals surface area contributed by atoms with Gasteiger partial charge in [-0.2, -0.15) is 12.6 Å². The van der Waals surface area contributed by atoms with Crippen molar-refractivity contribution in [1.29, 1.82) is 0 Å². The van der Waals surface area contributed by atoms with Crippen LogP contribution in [0.1, 0.15) is 24.5 Å². The number of imidazole rings is 2. The predicted molar refractivity (Wildman–Crippen MR) is 170 cm³/mol. The van der Waals surface area contributed by atoms with Crippen LogP contribution in [0.5, 0.6) is 0 Å². The number of hydrogen-bond donors (Lipinski definition) is 6. The molecular formula is C26H33N9O11P2S. The fraction of sp³-hybridized carbons (Fsp3) is 0.615. The van der Waals surface area contributed by atoms with E-state index in [-0.39, 0.29) is 40.8 Å². The highest BCUT2D eigenvalue weighted by Gasteiger charge is 2.74. The number of aryl methyl sites for hydroxylation is 1. The lowest BCUT2D eigenvalue weighted by Crippen LogP contribution is -2.38. The standard InChI is InChI=1S/C26H33N9O11P2S/c1-11-32-23-16(24(39)33-11)31-8-35(23)25-19-12(3-36)14(44-25)4-42-48(41,10-49)46-20-18(38)17(34-7-30-15-21(27)28-6-29-22(15)34)13-2-26(13,20)5-43-47(40,9-37)45-19/h6-8,12-14,17-20,25,36-38,49H,2-5,9-10H2,1H3,(H2,27,28,29)(H,32,33,39)/t12-,13-,14-,17-,18+,19-,20+,25-,26?,47?,48?/m1/s1. The molecule has 4 aliphatic rings. The van der Waals surface area contributed by atoms with Crippen molar-refractivity contribution in [2.45, 2.75) is 50.0 Å². The van der Waals surface area contributed by atoms with Crippen molar-refractivity contribution in [2.75, 3.05) is 37.4 Å². The van der Waals surface area contributed by atoms with E-state index >= 15 is 0 Å². The van der Waals surface area contributed by atoms with Gasteiger partial charge in [-0.25, -0.2) is 24.9 Å². The summed E-state index contributed by atoms with van der Waals surface area (Å²) < 4.78 is 61.8. The van der Waals surface area contributed by atoms with Crippen molar-refractivity contribution >= 4 is 56.0 Å². The summed E-state index contributed by atoms with van der Waals surface area (Å²) in [7, 11) is -8.50. The number of nitrogens with zero attached hydrogens (tertiary/aromatic N) is 7. The van der Waals surface area contributed by atoms with Crippen molar-refractivity contribution in [3.05, 3.63) is 35.2 Å². The molecule has 2 aliphatic carbocycles. The molecule has 49 heavy (non-hydrogen) atoms. The topological polar surface area (TPSA) is 274 Å². The van der Waals surface area contributed by atoms with Crippen LogP contribution < -0.4 is 11.3 Å². The Morgan fingerprint density at radius 3 is 2.61 bits per heavy atom. The first kappa shape index (κ1) is 33.3. The Hall–Kier alpha value is -2.81. The molecule has 11 atom stereocenters. The molecule has 8 rings (SSSR count). The molecule has 2 saturated heterocycles. The molecule has 0 radical (unpaired) electrons. The minimum atomic E-state index is -4.40. The zero-order valence-corrected chi connectivity index (χ0v) is 28.4. The Labute approximate surface area is 281 Å². The maximum Gasteiger partial charge on any atom is 0.356 e. The normalized spacial score (nSPS) is 39.3. The second-order valence-electron chi connectivity index (χ2n) is 12.7. The minimum absolute atomic E-state index is 0.00347. The van der Waals surface area contributed by atoms with Crippen LogP contribution in [0.3, 0.4) is 0 Å². The Morgan fingerprint density at radius 2 is 1.86 bits per heavy atom. The van der Waals surface area contributed by atoms with Crippen molar-refractivity contribution in [1.82, 2.24) is 39.0 Å². The Morgan fingerprint density at radius 1 is 1.08 bits per heavy atom. The largest absolute Gasteiger partial charge is 0.396 e. The number of nitrogens with one attached hydrogen (secondary N) is 1. The van der Waals surface area contributed by atoms with E-state index in [9.17, 15) is 29.2 Å². The number of nitrogen functional groups attached to an aromatic ring is 1. The summed E-state index contributed by atoms with van der Waals surface area (Å²) in [6, 6.07) is -0.708. The van der Waals surface area contributed by atoms with Gasteiger partial charge in [0.15, 0.2) is 28.9 Å². The van der Waals surface area contributed by atoms with Crippen LogP contribution in [0.15, 0.2) is 23.8 Å². The lowest BCUT2D eigenvalue weighted by atomic mass is 9.99. The van der Waals surface area contributed by atoms with Gasteiger partial charge in [0, 0.05) is 11.3 Å². The van der Waals surface area contributed by atoms with Crippen LogP contribution in [0.25, 0.3) is 22.3 Å². The number of anilines is 1. The van der Waals surface area contributed by atoms with Gasteiger partial charge in [-0.05, 0) is 19.3 Å². The summed E-state index contributed by atoms with van der Waals surface area (Å²) in [5, 5.41) is 32.7. The van der Waals surface area contributed by atoms with E-state index < -0.39 is 88.3 Å². The Bertz CT molecular complexity index is 2100. The third-order valence-electron chi connectivity index (χ3n) is 9.92. The molecule has 6 heterocycles. The average molecular weight is 742 g/mol. The minimum Gasteiger partial charge on any atom is -0.396 e. The van der Waals surface area contributed by atoms with Gasteiger partial charge in [-0.15, -0.1) is 0 Å². The highest BCUT2D eigenvalue weighted by atomic mass is 32.1. The number of hydrogen-bond acceptors (Lipinski definition) is 18. The fourth-order valence-electron chi connectivity index (χ4n) is 7.47. The number of aromatic nitrogens is 8. The Kier molecular flexibility index (Phi) is 8.08. The molecule has 1 spiro atoms. The smallest absolute Gasteiger partial charge is 0.356 e. The number of rotatable bonds is 5. The third kappa shape index (κ3) is 5.21. The van der Waals surface area contributed by atoms with E-state index in [0.29, 0.717) is 17.6 Å². The number of aliphatic hydroxyl groups excluding tert-OH is 3. The second kappa shape index (κ2) is 11.9. The first-order chi connectivity index (χ1) is 23.4. The molecule has 4 aromatic heterocycles. The lowest BCUT2D eigenvalue weighted by Gasteiger charge is -2.32. The lowest BCUT2D eigenvalue weighted by molar-refractivity contribution is -0.0573. The summed E-state index contributed by atoms with van der Waals surface area (Å²) in [5.74, 6) is -0.908. The van der Waals surface area contributed by atoms with Crippen LogP contribution in [-0.2, 0) is 32.0 Å². The molecule has 6 N–H and O–H groups in total. The number of thiol groups is 1. The van der Waals surface area contributed by atoms with Gasteiger partial charge < -0.3 is 48.9 Å².